The Morgan fingerprint density at radius 3 is 1.95 bits per heavy atom. The summed E-state index contributed by atoms with van der Waals surface area (Å²) in [4.78, 5) is 0. The molecule has 0 amide bonds. The third-order valence-electron chi connectivity index (χ3n) is 3.80. The zero-order chi connectivity index (χ0) is 15.1. The van der Waals surface area contributed by atoms with E-state index in [1.165, 1.54) is 17.5 Å². The van der Waals surface area contributed by atoms with Gasteiger partial charge in [-0.2, -0.15) is 0 Å². The lowest BCUT2D eigenvalue weighted by molar-refractivity contribution is 0.392. The summed E-state index contributed by atoms with van der Waals surface area (Å²) in [5.74, 6) is 0.723. The first kappa shape index (κ1) is 15.8. The molecule has 0 fully saturated rings. The second-order valence-electron chi connectivity index (χ2n) is 6.35. The van der Waals surface area contributed by atoms with E-state index in [1.807, 2.05) is 0 Å². The highest BCUT2D eigenvalue weighted by Gasteiger charge is 2.15. The van der Waals surface area contributed by atoms with Crippen molar-refractivity contribution in [2.24, 2.45) is 5.92 Å². The summed E-state index contributed by atoms with van der Waals surface area (Å²) in [6, 6.07) is 22.4. The van der Waals surface area contributed by atoms with Gasteiger partial charge >= 0.3 is 0 Å². The fourth-order valence-corrected chi connectivity index (χ4v) is 2.93. The van der Waals surface area contributed by atoms with Crippen LogP contribution in [0.5, 0.6) is 0 Å². The number of rotatable bonds is 7. The summed E-state index contributed by atoms with van der Waals surface area (Å²) < 4.78 is 0. The van der Waals surface area contributed by atoms with Crippen molar-refractivity contribution >= 4 is 0 Å². The van der Waals surface area contributed by atoms with Crippen molar-refractivity contribution in [3.63, 3.8) is 0 Å². The Hall–Kier alpha value is -1.60. The van der Waals surface area contributed by atoms with Gasteiger partial charge in [0.15, 0.2) is 0 Å². The maximum Gasteiger partial charge on any atom is 0.0363 e. The van der Waals surface area contributed by atoms with Gasteiger partial charge in [0.2, 0.25) is 0 Å². The molecule has 0 aliphatic carbocycles. The highest BCUT2D eigenvalue weighted by atomic mass is 14.9. The van der Waals surface area contributed by atoms with Crippen molar-refractivity contribution in [3.8, 4) is 0 Å². The number of hydrogen-bond acceptors (Lipinski definition) is 1. The Kier molecular flexibility index (Phi) is 6.01. The van der Waals surface area contributed by atoms with Crippen LogP contribution in [0.1, 0.15) is 44.4 Å². The molecule has 0 aromatic heterocycles. The maximum atomic E-state index is 3.81. The molecule has 0 spiro atoms. The Balaban J connectivity index is 2.11. The van der Waals surface area contributed by atoms with Crippen LogP contribution in [0.15, 0.2) is 60.7 Å². The molecule has 21 heavy (non-hydrogen) atoms. The zero-order valence-electron chi connectivity index (χ0n) is 13.4. The Bertz CT molecular complexity index is 504. The molecular weight excluding hydrogens is 254 g/mol. The second kappa shape index (κ2) is 7.99. The van der Waals surface area contributed by atoms with Crippen LogP contribution in [0.25, 0.3) is 0 Å². The predicted octanol–water partition coefficient (Wildman–Crippen LogP) is 4.99. The smallest absolute Gasteiger partial charge is 0.0363 e. The lowest BCUT2D eigenvalue weighted by atomic mass is 9.96. The highest BCUT2D eigenvalue weighted by molar-refractivity contribution is 5.23. The Morgan fingerprint density at radius 2 is 1.38 bits per heavy atom. The van der Waals surface area contributed by atoms with Gasteiger partial charge in [-0.1, -0.05) is 74.5 Å². The van der Waals surface area contributed by atoms with Gasteiger partial charge in [-0.3, -0.25) is 0 Å². The molecular formula is C20H27N. The van der Waals surface area contributed by atoms with Gasteiger partial charge in [-0.05, 0) is 36.8 Å². The van der Waals surface area contributed by atoms with Crippen molar-refractivity contribution in [2.75, 3.05) is 0 Å². The molecule has 0 heterocycles. The molecule has 0 bridgehead atoms. The van der Waals surface area contributed by atoms with E-state index in [2.05, 4.69) is 86.8 Å². The maximum absolute atomic E-state index is 3.81. The largest absolute Gasteiger partial charge is 0.307 e. The van der Waals surface area contributed by atoms with Crippen molar-refractivity contribution < 1.29 is 0 Å². The Labute approximate surface area is 129 Å². The third kappa shape index (κ3) is 5.35. The van der Waals surface area contributed by atoms with Gasteiger partial charge < -0.3 is 5.32 Å². The number of benzene rings is 2. The molecule has 2 atom stereocenters. The average Bonchev–Trinajstić information content (AvgIpc) is 2.48. The van der Waals surface area contributed by atoms with Crippen LogP contribution in [0, 0.1) is 5.92 Å². The van der Waals surface area contributed by atoms with E-state index in [0.29, 0.717) is 12.1 Å². The molecule has 2 unspecified atom stereocenters. The zero-order valence-corrected chi connectivity index (χ0v) is 13.4. The van der Waals surface area contributed by atoms with E-state index in [-0.39, 0.29) is 0 Å². The van der Waals surface area contributed by atoms with E-state index >= 15 is 0 Å². The minimum Gasteiger partial charge on any atom is -0.307 e. The van der Waals surface area contributed by atoms with Gasteiger partial charge in [0.25, 0.3) is 0 Å². The summed E-state index contributed by atoms with van der Waals surface area (Å²) in [5, 5.41) is 3.81. The monoisotopic (exact) mass is 281 g/mol. The normalized spacial score (nSPS) is 14.1. The van der Waals surface area contributed by atoms with E-state index in [1.54, 1.807) is 0 Å². The van der Waals surface area contributed by atoms with E-state index in [4.69, 9.17) is 0 Å². The minimum atomic E-state index is 0.377. The molecule has 2 aromatic rings. The van der Waals surface area contributed by atoms with Crippen LogP contribution in [-0.4, -0.2) is 6.04 Å². The summed E-state index contributed by atoms with van der Waals surface area (Å²) in [7, 11) is 0. The van der Waals surface area contributed by atoms with Gasteiger partial charge in [0, 0.05) is 12.1 Å². The molecule has 0 aliphatic heterocycles. The Morgan fingerprint density at radius 1 is 0.810 bits per heavy atom. The van der Waals surface area contributed by atoms with Crippen molar-refractivity contribution in [2.45, 2.75) is 45.7 Å². The summed E-state index contributed by atoms with van der Waals surface area (Å²) >= 11 is 0. The molecule has 0 aliphatic rings. The van der Waals surface area contributed by atoms with Crippen molar-refractivity contribution in [3.05, 3.63) is 71.8 Å². The first-order valence-corrected chi connectivity index (χ1v) is 8.00. The fraction of sp³-hybridized carbons (Fsp3) is 0.400. The van der Waals surface area contributed by atoms with Crippen molar-refractivity contribution in [1.29, 1.82) is 0 Å². The topological polar surface area (TPSA) is 12.0 Å². The molecule has 0 radical (unpaired) electrons. The molecule has 0 saturated carbocycles. The van der Waals surface area contributed by atoms with Gasteiger partial charge in [0.05, 0.1) is 0 Å². The van der Waals surface area contributed by atoms with Gasteiger partial charge in [0.1, 0.15) is 0 Å². The summed E-state index contributed by atoms with van der Waals surface area (Å²) in [5.41, 5.74) is 2.76. The standard InChI is InChI=1S/C20H27N/c1-16(2)14-17(3)21-20(19-12-8-5-9-13-19)15-18-10-6-4-7-11-18/h4-13,16-17,20-21H,14-15H2,1-3H3. The van der Waals surface area contributed by atoms with Crippen molar-refractivity contribution in [1.82, 2.24) is 5.32 Å². The average molecular weight is 281 g/mol. The van der Waals surface area contributed by atoms with Crippen LogP contribution in [0.4, 0.5) is 0 Å². The quantitative estimate of drug-likeness (QED) is 0.753. The number of nitrogens with one attached hydrogen (secondary N) is 1. The molecule has 2 aromatic carbocycles. The fourth-order valence-electron chi connectivity index (χ4n) is 2.93. The summed E-state index contributed by atoms with van der Waals surface area (Å²) in [6.45, 7) is 6.86. The SMILES string of the molecule is CC(C)CC(C)NC(Cc1ccccc1)c1ccccc1. The second-order valence-corrected chi connectivity index (χ2v) is 6.35. The number of hydrogen-bond donors (Lipinski definition) is 1. The molecule has 1 N–H and O–H groups in total. The van der Waals surface area contributed by atoms with Gasteiger partial charge in [-0.15, -0.1) is 0 Å². The van der Waals surface area contributed by atoms with Crippen LogP contribution in [0.3, 0.4) is 0 Å². The molecule has 0 saturated heterocycles. The summed E-state index contributed by atoms with van der Waals surface area (Å²) in [6.07, 6.45) is 2.24. The molecule has 2 rings (SSSR count). The van der Waals surface area contributed by atoms with E-state index in [9.17, 15) is 0 Å². The molecule has 1 heteroatoms. The van der Waals surface area contributed by atoms with Crippen LogP contribution in [0.2, 0.25) is 0 Å². The third-order valence-corrected chi connectivity index (χ3v) is 3.80. The predicted molar refractivity (Wildman–Crippen MR) is 91.4 cm³/mol. The van der Waals surface area contributed by atoms with E-state index < -0.39 is 0 Å². The lowest BCUT2D eigenvalue weighted by Crippen LogP contribution is -2.32. The molecule has 112 valence electrons. The van der Waals surface area contributed by atoms with Crippen LogP contribution >= 0.6 is 0 Å². The van der Waals surface area contributed by atoms with Crippen LogP contribution in [-0.2, 0) is 6.42 Å². The molecule has 1 nitrogen and oxygen atoms in total. The van der Waals surface area contributed by atoms with E-state index in [0.717, 1.165) is 12.3 Å². The minimum absolute atomic E-state index is 0.377. The first-order valence-electron chi connectivity index (χ1n) is 8.00. The first-order chi connectivity index (χ1) is 10.1. The van der Waals surface area contributed by atoms with Gasteiger partial charge in [-0.25, -0.2) is 0 Å². The lowest BCUT2D eigenvalue weighted by Gasteiger charge is -2.25. The van der Waals surface area contributed by atoms with Crippen LogP contribution < -0.4 is 5.32 Å². The highest BCUT2D eigenvalue weighted by Crippen LogP contribution is 2.20.